The van der Waals surface area contributed by atoms with Crippen molar-refractivity contribution in [2.24, 2.45) is 0 Å². The van der Waals surface area contributed by atoms with Crippen molar-refractivity contribution in [1.29, 1.82) is 0 Å². The van der Waals surface area contributed by atoms with Crippen molar-refractivity contribution in [1.82, 2.24) is 4.57 Å². The maximum atomic E-state index is 2.42. The number of aryl methyl sites for hydroxylation is 1. The van der Waals surface area contributed by atoms with E-state index in [2.05, 4.69) is 84.3 Å². The lowest BCUT2D eigenvalue weighted by molar-refractivity contribution is 0.869. The lowest BCUT2D eigenvalue weighted by Crippen LogP contribution is -1.98. The van der Waals surface area contributed by atoms with Crippen LogP contribution in [0.25, 0.3) is 21.8 Å². The zero-order chi connectivity index (χ0) is 14.2. The molecule has 0 fully saturated rings. The Morgan fingerprint density at radius 1 is 0.714 bits per heavy atom. The van der Waals surface area contributed by atoms with Gasteiger partial charge in [0.15, 0.2) is 0 Å². The molecule has 1 heterocycles. The minimum absolute atomic E-state index is 0.911. The standard InChI is InChI=1S/C20H17N/c1-15-11-12-20-18(13-15)17-9-5-6-10-19(17)21(20)14-16-7-3-2-4-8-16/h2-13H,14H2,1H3. The van der Waals surface area contributed by atoms with Crippen LogP contribution in [-0.4, -0.2) is 4.57 Å². The Labute approximate surface area is 124 Å². The van der Waals surface area contributed by atoms with E-state index in [9.17, 15) is 0 Å². The third-order valence-corrected chi connectivity index (χ3v) is 4.11. The summed E-state index contributed by atoms with van der Waals surface area (Å²) >= 11 is 0. The average Bonchev–Trinajstić information content (AvgIpc) is 2.82. The normalized spacial score (nSPS) is 11.3. The predicted molar refractivity (Wildman–Crippen MR) is 89.7 cm³/mol. The van der Waals surface area contributed by atoms with Crippen LogP contribution in [0.3, 0.4) is 0 Å². The monoisotopic (exact) mass is 271 g/mol. The maximum Gasteiger partial charge on any atom is 0.0494 e. The summed E-state index contributed by atoms with van der Waals surface area (Å²) in [7, 11) is 0. The van der Waals surface area contributed by atoms with Crippen LogP contribution >= 0.6 is 0 Å². The number of hydrogen-bond donors (Lipinski definition) is 0. The molecule has 0 N–H and O–H groups in total. The number of nitrogens with zero attached hydrogens (tertiary/aromatic N) is 1. The third-order valence-electron chi connectivity index (χ3n) is 4.11. The van der Waals surface area contributed by atoms with Crippen molar-refractivity contribution in [3.8, 4) is 0 Å². The summed E-state index contributed by atoms with van der Waals surface area (Å²) in [6.45, 7) is 3.07. The molecule has 1 heteroatoms. The fourth-order valence-electron chi connectivity index (χ4n) is 3.10. The van der Waals surface area contributed by atoms with Gasteiger partial charge in [0.1, 0.15) is 0 Å². The Kier molecular flexibility index (Phi) is 2.78. The number of rotatable bonds is 2. The molecule has 0 saturated heterocycles. The molecular weight excluding hydrogens is 254 g/mol. The van der Waals surface area contributed by atoms with Gasteiger partial charge in [0.25, 0.3) is 0 Å². The van der Waals surface area contributed by atoms with E-state index in [4.69, 9.17) is 0 Å². The van der Waals surface area contributed by atoms with Gasteiger partial charge in [-0.2, -0.15) is 0 Å². The van der Waals surface area contributed by atoms with E-state index in [1.807, 2.05) is 0 Å². The van der Waals surface area contributed by atoms with Crippen LogP contribution in [0.4, 0.5) is 0 Å². The Bertz CT molecular complexity index is 917. The summed E-state index contributed by atoms with van der Waals surface area (Å²) < 4.78 is 2.42. The van der Waals surface area contributed by atoms with Gasteiger partial charge in [0, 0.05) is 28.4 Å². The molecular formula is C20H17N. The van der Waals surface area contributed by atoms with Gasteiger partial charge in [-0.05, 0) is 30.7 Å². The van der Waals surface area contributed by atoms with Gasteiger partial charge in [-0.25, -0.2) is 0 Å². The summed E-state index contributed by atoms with van der Waals surface area (Å²) in [6, 6.07) is 26.1. The lowest BCUT2D eigenvalue weighted by atomic mass is 10.1. The fourth-order valence-corrected chi connectivity index (χ4v) is 3.10. The van der Waals surface area contributed by atoms with Gasteiger partial charge in [0.2, 0.25) is 0 Å². The second-order valence-corrected chi connectivity index (χ2v) is 5.61. The highest BCUT2D eigenvalue weighted by molar-refractivity contribution is 6.08. The predicted octanol–water partition coefficient (Wildman–Crippen LogP) is 5.15. The Hall–Kier alpha value is -2.54. The molecule has 0 aliphatic rings. The highest BCUT2D eigenvalue weighted by atomic mass is 15.0. The van der Waals surface area contributed by atoms with Gasteiger partial charge in [-0.15, -0.1) is 0 Å². The van der Waals surface area contributed by atoms with Crippen molar-refractivity contribution in [3.05, 3.63) is 83.9 Å². The van der Waals surface area contributed by atoms with Crippen LogP contribution in [-0.2, 0) is 6.54 Å². The van der Waals surface area contributed by atoms with Gasteiger partial charge in [-0.1, -0.05) is 60.2 Å². The van der Waals surface area contributed by atoms with E-state index in [1.54, 1.807) is 0 Å². The summed E-state index contributed by atoms with van der Waals surface area (Å²) in [5.41, 5.74) is 5.26. The molecule has 4 aromatic rings. The highest BCUT2D eigenvalue weighted by Crippen LogP contribution is 2.30. The number of fused-ring (bicyclic) bond motifs is 3. The van der Waals surface area contributed by atoms with Gasteiger partial charge in [0.05, 0.1) is 0 Å². The van der Waals surface area contributed by atoms with E-state index in [1.165, 1.54) is 32.9 Å². The van der Waals surface area contributed by atoms with Crippen molar-refractivity contribution < 1.29 is 0 Å². The maximum absolute atomic E-state index is 2.42. The topological polar surface area (TPSA) is 4.93 Å². The molecule has 0 aliphatic heterocycles. The van der Waals surface area contributed by atoms with Crippen LogP contribution in [0, 0.1) is 6.92 Å². The zero-order valence-corrected chi connectivity index (χ0v) is 12.1. The summed E-state index contributed by atoms with van der Waals surface area (Å²) in [4.78, 5) is 0. The molecule has 0 bridgehead atoms. The average molecular weight is 271 g/mol. The minimum atomic E-state index is 0.911. The second kappa shape index (κ2) is 4.78. The first kappa shape index (κ1) is 12.2. The molecule has 0 unspecified atom stereocenters. The smallest absolute Gasteiger partial charge is 0.0494 e. The first-order valence-corrected chi connectivity index (χ1v) is 7.34. The Morgan fingerprint density at radius 2 is 1.43 bits per heavy atom. The first-order chi connectivity index (χ1) is 10.3. The lowest BCUT2D eigenvalue weighted by Gasteiger charge is -2.07. The summed E-state index contributed by atoms with van der Waals surface area (Å²) in [5, 5.41) is 2.69. The number of aromatic nitrogens is 1. The molecule has 0 saturated carbocycles. The number of para-hydroxylation sites is 1. The molecule has 0 aliphatic carbocycles. The Morgan fingerprint density at radius 3 is 2.29 bits per heavy atom. The minimum Gasteiger partial charge on any atom is -0.336 e. The van der Waals surface area contributed by atoms with Crippen LogP contribution in [0.2, 0.25) is 0 Å². The van der Waals surface area contributed by atoms with Crippen molar-refractivity contribution in [2.75, 3.05) is 0 Å². The largest absolute Gasteiger partial charge is 0.336 e. The van der Waals surface area contributed by atoms with Crippen LogP contribution in [0.5, 0.6) is 0 Å². The van der Waals surface area contributed by atoms with Crippen LogP contribution < -0.4 is 0 Å². The molecule has 1 aromatic heterocycles. The Balaban J connectivity index is 2.01. The fraction of sp³-hybridized carbons (Fsp3) is 0.100. The molecule has 0 spiro atoms. The second-order valence-electron chi connectivity index (χ2n) is 5.61. The van der Waals surface area contributed by atoms with Crippen molar-refractivity contribution in [2.45, 2.75) is 13.5 Å². The molecule has 102 valence electrons. The van der Waals surface area contributed by atoms with Crippen molar-refractivity contribution >= 4 is 21.8 Å². The number of benzene rings is 3. The zero-order valence-electron chi connectivity index (χ0n) is 12.1. The van der Waals surface area contributed by atoms with E-state index < -0.39 is 0 Å². The van der Waals surface area contributed by atoms with Gasteiger partial charge < -0.3 is 4.57 Å². The molecule has 3 aromatic carbocycles. The summed E-state index contributed by atoms with van der Waals surface area (Å²) in [6.07, 6.45) is 0. The van der Waals surface area contributed by atoms with Crippen LogP contribution in [0.1, 0.15) is 11.1 Å². The quantitative estimate of drug-likeness (QED) is 0.475. The van der Waals surface area contributed by atoms with Crippen molar-refractivity contribution in [3.63, 3.8) is 0 Å². The molecule has 4 rings (SSSR count). The molecule has 21 heavy (non-hydrogen) atoms. The van der Waals surface area contributed by atoms with E-state index >= 15 is 0 Å². The van der Waals surface area contributed by atoms with Gasteiger partial charge >= 0.3 is 0 Å². The third kappa shape index (κ3) is 2.02. The highest BCUT2D eigenvalue weighted by Gasteiger charge is 2.10. The van der Waals surface area contributed by atoms with E-state index in [0.29, 0.717) is 0 Å². The summed E-state index contributed by atoms with van der Waals surface area (Å²) in [5.74, 6) is 0. The van der Waals surface area contributed by atoms with E-state index in [-0.39, 0.29) is 0 Å². The van der Waals surface area contributed by atoms with E-state index in [0.717, 1.165) is 6.54 Å². The number of hydrogen-bond acceptors (Lipinski definition) is 0. The molecule has 0 radical (unpaired) electrons. The molecule has 0 amide bonds. The first-order valence-electron chi connectivity index (χ1n) is 7.34. The molecule has 0 atom stereocenters. The molecule has 1 nitrogen and oxygen atoms in total. The van der Waals surface area contributed by atoms with Gasteiger partial charge in [-0.3, -0.25) is 0 Å². The van der Waals surface area contributed by atoms with Crippen LogP contribution in [0.15, 0.2) is 72.8 Å². The SMILES string of the molecule is Cc1ccc2c(c1)c1ccccc1n2Cc1ccccc1.